The summed E-state index contributed by atoms with van der Waals surface area (Å²) in [6, 6.07) is 4.54. The van der Waals surface area contributed by atoms with Crippen molar-refractivity contribution < 1.29 is 9.50 Å². The monoisotopic (exact) mass is 233 g/mol. The normalized spacial score (nSPS) is 13.2. The highest BCUT2D eigenvalue weighted by atomic mass is 35.5. The Labute approximate surface area is 95.7 Å². The summed E-state index contributed by atoms with van der Waals surface area (Å²) in [5, 5.41) is 9.70. The molecule has 1 rings (SSSR count). The van der Waals surface area contributed by atoms with E-state index >= 15 is 0 Å². The summed E-state index contributed by atoms with van der Waals surface area (Å²) < 4.78 is 13.8. The zero-order chi connectivity index (χ0) is 10.9. The zero-order valence-electron chi connectivity index (χ0n) is 9.12. The molecule has 15 heavy (non-hydrogen) atoms. The molecule has 0 heterocycles. The van der Waals surface area contributed by atoms with Crippen LogP contribution in [0.15, 0.2) is 18.2 Å². The molecule has 0 aliphatic heterocycles. The van der Waals surface area contributed by atoms with E-state index in [4.69, 9.17) is 5.73 Å². The molecule has 0 radical (unpaired) electrons. The summed E-state index contributed by atoms with van der Waals surface area (Å²) >= 11 is 0. The third kappa shape index (κ3) is 3.16. The molecule has 86 valence electrons. The number of hydrogen-bond acceptors (Lipinski definition) is 2. The number of hydrogen-bond donors (Lipinski definition) is 2. The molecule has 0 aliphatic carbocycles. The van der Waals surface area contributed by atoms with Crippen molar-refractivity contribution in [1.29, 1.82) is 0 Å². The van der Waals surface area contributed by atoms with Crippen molar-refractivity contribution in [2.75, 3.05) is 0 Å². The van der Waals surface area contributed by atoms with Crippen LogP contribution < -0.4 is 5.73 Å². The van der Waals surface area contributed by atoms with Crippen LogP contribution in [0.1, 0.15) is 37.9 Å². The van der Waals surface area contributed by atoms with Crippen molar-refractivity contribution >= 4 is 12.4 Å². The van der Waals surface area contributed by atoms with Gasteiger partial charge in [0.1, 0.15) is 5.82 Å². The predicted molar refractivity (Wildman–Crippen MR) is 61.5 cm³/mol. The molecule has 1 unspecified atom stereocenters. The van der Waals surface area contributed by atoms with Crippen LogP contribution in [0.4, 0.5) is 4.39 Å². The highest BCUT2D eigenvalue weighted by Gasteiger charge is 2.22. The van der Waals surface area contributed by atoms with Gasteiger partial charge in [-0.3, -0.25) is 0 Å². The van der Waals surface area contributed by atoms with Crippen molar-refractivity contribution in [3.63, 3.8) is 0 Å². The van der Waals surface area contributed by atoms with Crippen molar-refractivity contribution in [3.8, 4) is 0 Å². The molecule has 0 spiro atoms. The van der Waals surface area contributed by atoms with Gasteiger partial charge in [-0.25, -0.2) is 4.39 Å². The van der Waals surface area contributed by atoms with Crippen LogP contribution in [0.25, 0.3) is 0 Å². The fourth-order valence-corrected chi connectivity index (χ4v) is 1.37. The first-order valence-electron chi connectivity index (χ1n) is 4.61. The van der Waals surface area contributed by atoms with Crippen molar-refractivity contribution in [3.05, 3.63) is 35.1 Å². The Bertz CT molecular complexity index is 334. The Morgan fingerprint density at radius 1 is 1.40 bits per heavy atom. The summed E-state index contributed by atoms with van der Waals surface area (Å²) in [5.74, 6) is -0.407. The van der Waals surface area contributed by atoms with E-state index in [0.717, 1.165) is 0 Å². The average Bonchev–Trinajstić information content (AvgIpc) is 2.01. The Morgan fingerprint density at radius 2 is 1.93 bits per heavy atom. The van der Waals surface area contributed by atoms with Gasteiger partial charge in [-0.1, -0.05) is 18.2 Å². The minimum absolute atomic E-state index is 0. The minimum atomic E-state index is -1.17. The van der Waals surface area contributed by atoms with E-state index in [1.807, 2.05) is 0 Å². The number of halogens is 2. The Balaban J connectivity index is 0.00000196. The first kappa shape index (κ1) is 14.4. The highest BCUT2D eigenvalue weighted by Crippen LogP contribution is 2.26. The first-order chi connectivity index (χ1) is 6.34. The number of aliphatic hydroxyl groups is 1. The van der Waals surface area contributed by atoms with Crippen LogP contribution in [0, 0.1) is 5.82 Å². The summed E-state index contributed by atoms with van der Waals surface area (Å²) in [7, 11) is 0. The van der Waals surface area contributed by atoms with Crippen molar-refractivity contribution in [2.45, 2.75) is 32.4 Å². The zero-order valence-corrected chi connectivity index (χ0v) is 9.94. The number of benzene rings is 1. The molecule has 0 aromatic heterocycles. The van der Waals surface area contributed by atoms with E-state index in [1.54, 1.807) is 39.0 Å². The van der Waals surface area contributed by atoms with E-state index in [2.05, 4.69) is 0 Å². The molecule has 0 amide bonds. The number of nitrogens with two attached hydrogens (primary N) is 1. The number of rotatable bonds is 2. The summed E-state index contributed by atoms with van der Waals surface area (Å²) in [6.07, 6.45) is 0. The van der Waals surface area contributed by atoms with Gasteiger partial charge in [0.05, 0.1) is 5.60 Å². The maximum atomic E-state index is 13.8. The van der Waals surface area contributed by atoms with Gasteiger partial charge in [0.25, 0.3) is 0 Å². The standard InChI is InChI=1S/C11H16FNO.ClH/c1-7(13)8-5-4-6-9(10(8)12)11(2,3)14;/h4-7,14H,13H2,1-3H3;1H. The van der Waals surface area contributed by atoms with E-state index in [0.29, 0.717) is 5.56 Å². The van der Waals surface area contributed by atoms with Crippen LogP contribution in [0.3, 0.4) is 0 Å². The molecule has 0 bridgehead atoms. The molecular weight excluding hydrogens is 217 g/mol. The van der Waals surface area contributed by atoms with Gasteiger partial charge in [-0.2, -0.15) is 0 Å². The van der Waals surface area contributed by atoms with Gasteiger partial charge < -0.3 is 10.8 Å². The highest BCUT2D eigenvalue weighted by molar-refractivity contribution is 5.85. The van der Waals surface area contributed by atoms with Gasteiger partial charge in [-0.05, 0) is 20.8 Å². The van der Waals surface area contributed by atoms with E-state index in [-0.39, 0.29) is 24.0 Å². The van der Waals surface area contributed by atoms with Crippen molar-refractivity contribution in [1.82, 2.24) is 0 Å². The lowest BCUT2D eigenvalue weighted by Crippen LogP contribution is -2.20. The van der Waals surface area contributed by atoms with Crippen LogP contribution >= 0.6 is 12.4 Å². The predicted octanol–water partition coefficient (Wildman–Crippen LogP) is 2.49. The quantitative estimate of drug-likeness (QED) is 0.825. The van der Waals surface area contributed by atoms with Crippen LogP contribution in [-0.2, 0) is 5.60 Å². The smallest absolute Gasteiger partial charge is 0.134 e. The van der Waals surface area contributed by atoms with E-state index in [9.17, 15) is 9.50 Å². The van der Waals surface area contributed by atoms with Crippen LogP contribution in [-0.4, -0.2) is 5.11 Å². The molecule has 0 aliphatic rings. The molecule has 4 heteroatoms. The van der Waals surface area contributed by atoms with Crippen LogP contribution in [0.2, 0.25) is 0 Å². The average molecular weight is 234 g/mol. The van der Waals surface area contributed by atoms with Gasteiger partial charge >= 0.3 is 0 Å². The summed E-state index contributed by atoms with van der Waals surface area (Å²) in [6.45, 7) is 4.82. The third-order valence-corrected chi connectivity index (χ3v) is 2.18. The molecule has 1 aromatic rings. The van der Waals surface area contributed by atoms with Gasteiger partial charge in [0.15, 0.2) is 0 Å². The third-order valence-electron chi connectivity index (χ3n) is 2.18. The maximum Gasteiger partial charge on any atom is 0.134 e. The molecule has 2 nitrogen and oxygen atoms in total. The lowest BCUT2D eigenvalue weighted by atomic mass is 9.94. The molecule has 0 saturated heterocycles. The molecule has 1 aromatic carbocycles. The fourth-order valence-electron chi connectivity index (χ4n) is 1.37. The Morgan fingerprint density at radius 3 is 2.33 bits per heavy atom. The second kappa shape index (κ2) is 4.92. The fraction of sp³-hybridized carbons (Fsp3) is 0.455. The lowest BCUT2D eigenvalue weighted by Gasteiger charge is -2.20. The summed E-state index contributed by atoms with van der Waals surface area (Å²) in [5.41, 5.74) is 5.15. The van der Waals surface area contributed by atoms with E-state index in [1.165, 1.54) is 0 Å². The molecule has 1 atom stereocenters. The Hall–Kier alpha value is -0.640. The van der Waals surface area contributed by atoms with Gasteiger partial charge in [-0.15, -0.1) is 12.4 Å². The molecule has 3 N–H and O–H groups in total. The molecule has 0 saturated carbocycles. The second-order valence-corrected chi connectivity index (χ2v) is 4.06. The van der Waals surface area contributed by atoms with Crippen LogP contribution in [0.5, 0.6) is 0 Å². The van der Waals surface area contributed by atoms with Crippen molar-refractivity contribution in [2.24, 2.45) is 5.73 Å². The minimum Gasteiger partial charge on any atom is -0.386 e. The summed E-state index contributed by atoms with van der Waals surface area (Å²) in [4.78, 5) is 0. The molecular formula is C11H17ClFNO. The SMILES string of the molecule is CC(N)c1cccc(C(C)(C)O)c1F.Cl. The van der Waals surface area contributed by atoms with Gasteiger partial charge in [0, 0.05) is 17.2 Å². The maximum absolute atomic E-state index is 13.8. The first-order valence-corrected chi connectivity index (χ1v) is 4.61. The van der Waals surface area contributed by atoms with Gasteiger partial charge in [0.2, 0.25) is 0 Å². The second-order valence-electron chi connectivity index (χ2n) is 4.06. The lowest BCUT2D eigenvalue weighted by molar-refractivity contribution is 0.0743. The Kier molecular flexibility index (Phi) is 4.71. The van der Waals surface area contributed by atoms with E-state index < -0.39 is 11.4 Å². The topological polar surface area (TPSA) is 46.2 Å². The largest absolute Gasteiger partial charge is 0.386 e. The molecule has 0 fully saturated rings.